The van der Waals surface area contributed by atoms with E-state index in [0.717, 1.165) is 18.7 Å². The summed E-state index contributed by atoms with van der Waals surface area (Å²) >= 11 is 0. The lowest BCUT2D eigenvalue weighted by Crippen LogP contribution is -2.14. The maximum Gasteiger partial charge on any atom is 0.255 e. The van der Waals surface area contributed by atoms with E-state index in [1.807, 2.05) is 12.1 Å². The van der Waals surface area contributed by atoms with Gasteiger partial charge in [0.1, 0.15) is 0 Å². The zero-order valence-electron chi connectivity index (χ0n) is 13.6. The molecule has 120 valence electrons. The van der Waals surface area contributed by atoms with E-state index in [4.69, 9.17) is 9.47 Å². The number of nitrogens with one attached hydrogen (secondary N) is 1. The molecule has 1 aliphatic rings. The van der Waals surface area contributed by atoms with Crippen LogP contribution >= 0.6 is 0 Å². The first kappa shape index (κ1) is 15.2. The van der Waals surface area contributed by atoms with Gasteiger partial charge in [0.05, 0.1) is 14.2 Å². The highest BCUT2D eigenvalue weighted by Crippen LogP contribution is 2.31. The Bertz CT molecular complexity index is 743. The van der Waals surface area contributed by atoms with Crippen molar-refractivity contribution in [1.29, 1.82) is 0 Å². The Morgan fingerprint density at radius 3 is 2.61 bits per heavy atom. The first-order chi connectivity index (χ1) is 11.1. The van der Waals surface area contributed by atoms with E-state index in [1.165, 1.54) is 11.3 Å². The van der Waals surface area contributed by atoms with Crippen molar-refractivity contribution < 1.29 is 14.3 Å². The molecule has 1 aliphatic heterocycles. The van der Waals surface area contributed by atoms with Crippen LogP contribution in [0.4, 0.5) is 11.4 Å². The maximum absolute atomic E-state index is 12.4. The standard InChI is InChI=1S/C18H20N2O3/c1-20-9-8-12-4-6-14(11-15(12)20)19-18(21)13-5-7-16(22-2)17(10-13)23-3/h4-7,10-11H,8-9H2,1-3H3,(H,19,21). The number of anilines is 2. The van der Waals surface area contributed by atoms with Gasteiger partial charge in [0, 0.05) is 30.5 Å². The Morgan fingerprint density at radius 1 is 1.09 bits per heavy atom. The average Bonchev–Trinajstić information content (AvgIpc) is 2.95. The van der Waals surface area contributed by atoms with Crippen LogP contribution in [0.2, 0.25) is 0 Å². The molecule has 0 fully saturated rings. The molecule has 1 N–H and O–H groups in total. The van der Waals surface area contributed by atoms with Gasteiger partial charge < -0.3 is 19.7 Å². The van der Waals surface area contributed by atoms with Gasteiger partial charge in [0.15, 0.2) is 11.5 Å². The van der Waals surface area contributed by atoms with Crippen LogP contribution in [-0.4, -0.2) is 33.7 Å². The van der Waals surface area contributed by atoms with Crippen LogP contribution in [0.1, 0.15) is 15.9 Å². The summed E-state index contributed by atoms with van der Waals surface area (Å²) in [6.45, 7) is 1.02. The van der Waals surface area contributed by atoms with Gasteiger partial charge in [-0.1, -0.05) is 6.07 Å². The second kappa shape index (κ2) is 6.20. The van der Waals surface area contributed by atoms with Crippen molar-refractivity contribution in [3.8, 4) is 11.5 Å². The lowest BCUT2D eigenvalue weighted by atomic mass is 10.1. The molecule has 0 aromatic heterocycles. The van der Waals surface area contributed by atoms with E-state index in [2.05, 4.69) is 23.3 Å². The maximum atomic E-state index is 12.4. The predicted octanol–water partition coefficient (Wildman–Crippen LogP) is 2.95. The van der Waals surface area contributed by atoms with Crippen molar-refractivity contribution in [3.63, 3.8) is 0 Å². The summed E-state index contributed by atoms with van der Waals surface area (Å²) in [6, 6.07) is 11.1. The minimum absolute atomic E-state index is 0.174. The highest BCUT2D eigenvalue weighted by atomic mass is 16.5. The molecule has 3 rings (SSSR count). The summed E-state index contributed by atoms with van der Waals surface area (Å²) in [5.74, 6) is 0.962. The summed E-state index contributed by atoms with van der Waals surface area (Å²) in [4.78, 5) is 14.6. The van der Waals surface area contributed by atoms with Crippen molar-refractivity contribution in [1.82, 2.24) is 0 Å². The number of carbonyl (C=O) groups is 1. The number of benzene rings is 2. The molecule has 5 heteroatoms. The van der Waals surface area contributed by atoms with Gasteiger partial charge in [-0.05, 0) is 42.3 Å². The monoisotopic (exact) mass is 312 g/mol. The average molecular weight is 312 g/mol. The molecule has 0 saturated heterocycles. The number of carbonyl (C=O) groups excluding carboxylic acids is 1. The number of ether oxygens (including phenoxy) is 2. The summed E-state index contributed by atoms with van der Waals surface area (Å²) in [5, 5.41) is 2.94. The fourth-order valence-corrected chi connectivity index (χ4v) is 2.80. The van der Waals surface area contributed by atoms with E-state index >= 15 is 0 Å². The Labute approximate surface area is 135 Å². The molecular weight excluding hydrogens is 292 g/mol. The molecule has 2 aromatic rings. The zero-order chi connectivity index (χ0) is 16.4. The molecule has 0 atom stereocenters. The van der Waals surface area contributed by atoms with Gasteiger partial charge >= 0.3 is 0 Å². The van der Waals surface area contributed by atoms with Crippen LogP contribution < -0.4 is 19.7 Å². The third-order valence-corrected chi connectivity index (χ3v) is 4.12. The van der Waals surface area contributed by atoms with E-state index in [1.54, 1.807) is 32.4 Å². The normalized spacial score (nSPS) is 12.7. The molecule has 0 unspecified atom stereocenters. The number of methoxy groups -OCH3 is 2. The van der Waals surface area contributed by atoms with E-state index in [-0.39, 0.29) is 5.91 Å². The number of fused-ring (bicyclic) bond motifs is 1. The molecule has 5 nitrogen and oxygen atoms in total. The smallest absolute Gasteiger partial charge is 0.255 e. The van der Waals surface area contributed by atoms with Gasteiger partial charge in [-0.2, -0.15) is 0 Å². The van der Waals surface area contributed by atoms with Crippen LogP contribution in [0, 0.1) is 0 Å². The Morgan fingerprint density at radius 2 is 1.87 bits per heavy atom. The van der Waals surface area contributed by atoms with Crippen LogP contribution in [-0.2, 0) is 6.42 Å². The molecule has 1 amide bonds. The molecule has 0 bridgehead atoms. The Balaban J connectivity index is 1.81. The second-order valence-electron chi connectivity index (χ2n) is 5.54. The van der Waals surface area contributed by atoms with Gasteiger partial charge in [0.25, 0.3) is 5.91 Å². The van der Waals surface area contributed by atoms with Gasteiger partial charge in [-0.3, -0.25) is 4.79 Å². The van der Waals surface area contributed by atoms with Crippen molar-refractivity contribution >= 4 is 17.3 Å². The molecule has 0 aliphatic carbocycles. The first-order valence-corrected chi connectivity index (χ1v) is 7.50. The number of hydrogen-bond donors (Lipinski definition) is 1. The van der Waals surface area contributed by atoms with Crippen molar-refractivity contribution in [2.24, 2.45) is 0 Å². The zero-order valence-corrected chi connectivity index (χ0v) is 13.6. The van der Waals surface area contributed by atoms with Gasteiger partial charge in [-0.15, -0.1) is 0 Å². The number of hydrogen-bond acceptors (Lipinski definition) is 4. The van der Waals surface area contributed by atoms with Crippen LogP contribution in [0.5, 0.6) is 11.5 Å². The van der Waals surface area contributed by atoms with Crippen LogP contribution in [0.15, 0.2) is 36.4 Å². The number of nitrogens with zero attached hydrogens (tertiary/aromatic N) is 1. The SMILES string of the molecule is COc1ccc(C(=O)Nc2ccc3c(c2)N(C)CC3)cc1OC. The molecule has 23 heavy (non-hydrogen) atoms. The molecule has 2 aromatic carbocycles. The fourth-order valence-electron chi connectivity index (χ4n) is 2.80. The van der Waals surface area contributed by atoms with Crippen molar-refractivity contribution in [2.75, 3.05) is 38.0 Å². The van der Waals surface area contributed by atoms with Crippen molar-refractivity contribution in [3.05, 3.63) is 47.5 Å². The number of rotatable bonds is 4. The third kappa shape index (κ3) is 2.95. The lowest BCUT2D eigenvalue weighted by Gasteiger charge is -2.14. The topological polar surface area (TPSA) is 50.8 Å². The van der Waals surface area contributed by atoms with Gasteiger partial charge in [-0.25, -0.2) is 0 Å². The Kier molecular flexibility index (Phi) is 4.10. The fraction of sp³-hybridized carbons (Fsp3) is 0.278. The molecule has 1 heterocycles. The predicted molar refractivity (Wildman–Crippen MR) is 90.9 cm³/mol. The minimum atomic E-state index is -0.174. The molecular formula is C18H20N2O3. The van der Waals surface area contributed by atoms with E-state index in [0.29, 0.717) is 17.1 Å². The quantitative estimate of drug-likeness (QED) is 0.943. The summed E-state index contributed by atoms with van der Waals surface area (Å²) in [6.07, 6.45) is 1.05. The number of likely N-dealkylation sites (N-methyl/N-ethyl adjacent to an activating group) is 1. The second-order valence-corrected chi connectivity index (χ2v) is 5.54. The highest BCUT2D eigenvalue weighted by Gasteiger charge is 2.17. The largest absolute Gasteiger partial charge is 0.493 e. The molecule has 0 radical (unpaired) electrons. The minimum Gasteiger partial charge on any atom is -0.493 e. The van der Waals surface area contributed by atoms with E-state index in [9.17, 15) is 4.79 Å². The van der Waals surface area contributed by atoms with Crippen LogP contribution in [0.25, 0.3) is 0 Å². The van der Waals surface area contributed by atoms with Gasteiger partial charge in [0.2, 0.25) is 0 Å². The summed E-state index contributed by atoms with van der Waals surface area (Å²) < 4.78 is 10.4. The molecule has 0 spiro atoms. The lowest BCUT2D eigenvalue weighted by molar-refractivity contribution is 0.102. The highest BCUT2D eigenvalue weighted by molar-refractivity contribution is 6.05. The third-order valence-electron chi connectivity index (χ3n) is 4.12. The molecule has 0 saturated carbocycles. The first-order valence-electron chi connectivity index (χ1n) is 7.50. The Hall–Kier alpha value is -2.69. The summed E-state index contributed by atoms with van der Waals surface area (Å²) in [5.41, 5.74) is 3.81. The van der Waals surface area contributed by atoms with Crippen molar-refractivity contribution in [2.45, 2.75) is 6.42 Å². The van der Waals surface area contributed by atoms with Crippen LogP contribution in [0.3, 0.4) is 0 Å². The summed E-state index contributed by atoms with van der Waals surface area (Å²) in [7, 11) is 5.18. The number of amides is 1. The van der Waals surface area contributed by atoms with E-state index < -0.39 is 0 Å².